The van der Waals surface area contributed by atoms with E-state index >= 15 is 0 Å². The summed E-state index contributed by atoms with van der Waals surface area (Å²) >= 11 is 0. The van der Waals surface area contributed by atoms with Gasteiger partial charge in [0.1, 0.15) is 0 Å². The topological polar surface area (TPSA) is 87.1 Å². The van der Waals surface area contributed by atoms with Gasteiger partial charge in [-0.05, 0) is 45.1 Å². The zero-order chi connectivity index (χ0) is 15.0. The van der Waals surface area contributed by atoms with Crippen LogP contribution in [0.4, 0.5) is 0 Å². The van der Waals surface area contributed by atoms with Crippen LogP contribution in [-0.2, 0) is 14.3 Å². The van der Waals surface area contributed by atoms with E-state index in [-0.39, 0.29) is 5.60 Å². The van der Waals surface area contributed by atoms with Crippen LogP contribution in [0.5, 0.6) is 0 Å². The summed E-state index contributed by atoms with van der Waals surface area (Å²) in [6, 6.07) is 0.343. The van der Waals surface area contributed by atoms with E-state index in [0.29, 0.717) is 25.6 Å². The summed E-state index contributed by atoms with van der Waals surface area (Å²) in [4.78, 5) is 24.8. The van der Waals surface area contributed by atoms with Gasteiger partial charge >= 0.3 is 11.9 Å². The summed E-state index contributed by atoms with van der Waals surface area (Å²) in [5.74, 6) is -3.52. The molecule has 0 radical (unpaired) electrons. The van der Waals surface area contributed by atoms with Crippen LogP contribution in [0.25, 0.3) is 0 Å². The first-order valence-electron chi connectivity index (χ1n) is 7.84. The van der Waals surface area contributed by atoms with Crippen molar-refractivity contribution in [1.29, 1.82) is 0 Å². The lowest BCUT2D eigenvalue weighted by molar-refractivity contribution is -0.165. The highest BCUT2D eigenvalue weighted by atomic mass is 16.5. The minimum absolute atomic E-state index is 0.0330. The number of ether oxygens (including phenoxy) is 1. The van der Waals surface area contributed by atoms with E-state index in [1.54, 1.807) is 0 Å². The smallest absolute Gasteiger partial charge is 0.308 e. The van der Waals surface area contributed by atoms with Gasteiger partial charge in [-0.1, -0.05) is 0 Å². The van der Waals surface area contributed by atoms with Gasteiger partial charge < -0.3 is 14.9 Å². The van der Waals surface area contributed by atoms with Crippen LogP contribution in [-0.4, -0.2) is 58.4 Å². The molecule has 1 spiro atoms. The van der Waals surface area contributed by atoms with Crippen LogP contribution in [0.1, 0.15) is 38.5 Å². The predicted octanol–water partition coefficient (Wildman–Crippen LogP) is 1.20. The second kappa shape index (κ2) is 5.57. The van der Waals surface area contributed by atoms with Gasteiger partial charge in [-0.3, -0.25) is 14.5 Å². The fourth-order valence-electron chi connectivity index (χ4n) is 4.09. The van der Waals surface area contributed by atoms with E-state index in [1.807, 2.05) is 0 Å². The maximum atomic E-state index is 11.4. The molecule has 2 saturated heterocycles. The third-order valence-electron chi connectivity index (χ3n) is 5.53. The number of likely N-dealkylation sites (tertiary alicyclic amines) is 1. The van der Waals surface area contributed by atoms with Crippen molar-refractivity contribution in [2.75, 3.05) is 19.7 Å². The minimum Gasteiger partial charge on any atom is -0.481 e. The maximum Gasteiger partial charge on any atom is 0.308 e. The molecule has 0 amide bonds. The molecule has 3 rings (SSSR count). The average Bonchev–Trinajstić information content (AvgIpc) is 2.45. The molecule has 21 heavy (non-hydrogen) atoms. The quantitative estimate of drug-likeness (QED) is 0.814. The summed E-state index contributed by atoms with van der Waals surface area (Å²) in [6.45, 7) is 1.77. The number of hydrogen-bond acceptors (Lipinski definition) is 4. The molecule has 118 valence electrons. The van der Waals surface area contributed by atoms with Crippen molar-refractivity contribution in [2.24, 2.45) is 11.8 Å². The third-order valence-corrected chi connectivity index (χ3v) is 5.53. The molecular formula is C15H23NO5. The Balaban J connectivity index is 1.66. The van der Waals surface area contributed by atoms with E-state index in [0.717, 1.165) is 32.3 Å². The van der Waals surface area contributed by atoms with Crippen LogP contribution in [0.2, 0.25) is 0 Å². The Morgan fingerprint density at radius 3 is 2.38 bits per heavy atom. The summed E-state index contributed by atoms with van der Waals surface area (Å²) in [6.07, 6.45) is 5.75. The van der Waals surface area contributed by atoms with Gasteiger partial charge in [0, 0.05) is 19.2 Å². The predicted molar refractivity (Wildman–Crippen MR) is 74.0 cm³/mol. The van der Waals surface area contributed by atoms with E-state index in [1.165, 1.54) is 6.42 Å². The number of nitrogens with zero attached hydrogens (tertiary/aromatic N) is 1. The Morgan fingerprint density at radius 2 is 1.81 bits per heavy atom. The molecule has 3 aliphatic rings. The molecule has 3 atom stereocenters. The molecule has 1 aliphatic carbocycles. The van der Waals surface area contributed by atoms with Crippen LogP contribution < -0.4 is 0 Å². The van der Waals surface area contributed by atoms with Crippen molar-refractivity contribution in [2.45, 2.75) is 50.2 Å². The standard InChI is InChI=1S/C15H23NO5/c17-13(18)11-2-6-16(9-12(11)14(19)20)10-3-7-21-15(8-10)4-1-5-15/h10-12H,1-9H2,(H,17,18)(H,19,20). The molecule has 3 unspecified atom stereocenters. The molecule has 1 saturated carbocycles. The molecule has 3 fully saturated rings. The van der Waals surface area contributed by atoms with E-state index in [4.69, 9.17) is 4.74 Å². The number of hydrogen-bond donors (Lipinski definition) is 2. The lowest BCUT2D eigenvalue weighted by atomic mass is 9.73. The van der Waals surface area contributed by atoms with Gasteiger partial charge in [-0.15, -0.1) is 0 Å². The Labute approximate surface area is 124 Å². The van der Waals surface area contributed by atoms with Gasteiger partial charge in [0.25, 0.3) is 0 Å². The molecule has 2 aliphatic heterocycles. The number of carbonyl (C=O) groups is 2. The maximum absolute atomic E-state index is 11.4. The Kier molecular flexibility index (Phi) is 3.92. The third kappa shape index (κ3) is 2.79. The Bertz CT molecular complexity index is 434. The van der Waals surface area contributed by atoms with Crippen molar-refractivity contribution >= 4 is 11.9 Å². The number of aliphatic carboxylic acids is 2. The molecule has 0 aromatic heterocycles. The SMILES string of the molecule is O=C(O)C1CCN(C2CCOC3(CCC3)C2)CC1C(=O)O. The summed E-state index contributed by atoms with van der Waals surface area (Å²) in [7, 11) is 0. The number of carboxylic acid groups (broad SMARTS) is 2. The summed E-state index contributed by atoms with van der Waals surface area (Å²) < 4.78 is 5.92. The Hall–Kier alpha value is -1.14. The minimum atomic E-state index is -0.988. The van der Waals surface area contributed by atoms with Crippen molar-refractivity contribution in [3.05, 3.63) is 0 Å². The van der Waals surface area contributed by atoms with Crippen molar-refractivity contribution in [3.63, 3.8) is 0 Å². The van der Waals surface area contributed by atoms with E-state index in [2.05, 4.69) is 4.90 Å². The number of carboxylic acids is 2. The highest BCUT2D eigenvalue weighted by Gasteiger charge is 2.46. The molecule has 6 nitrogen and oxygen atoms in total. The number of piperidine rings is 1. The van der Waals surface area contributed by atoms with Crippen molar-refractivity contribution in [1.82, 2.24) is 4.90 Å². The fraction of sp³-hybridized carbons (Fsp3) is 0.867. The molecular weight excluding hydrogens is 274 g/mol. The van der Waals surface area contributed by atoms with Gasteiger partial charge in [0.2, 0.25) is 0 Å². The molecule has 6 heteroatoms. The fourth-order valence-corrected chi connectivity index (χ4v) is 4.09. The summed E-state index contributed by atoms with van der Waals surface area (Å²) in [5, 5.41) is 18.5. The van der Waals surface area contributed by atoms with Crippen molar-refractivity contribution < 1.29 is 24.5 Å². The lowest BCUT2D eigenvalue weighted by Crippen LogP contribution is -2.56. The number of rotatable bonds is 3. The highest BCUT2D eigenvalue weighted by Crippen LogP contribution is 2.44. The first kappa shape index (κ1) is 14.8. The zero-order valence-electron chi connectivity index (χ0n) is 12.2. The molecule has 0 bridgehead atoms. The highest BCUT2D eigenvalue weighted by molar-refractivity contribution is 5.80. The van der Waals surface area contributed by atoms with Crippen LogP contribution in [0.3, 0.4) is 0 Å². The van der Waals surface area contributed by atoms with Crippen LogP contribution in [0.15, 0.2) is 0 Å². The van der Waals surface area contributed by atoms with E-state index in [9.17, 15) is 19.8 Å². The normalized spacial score (nSPS) is 36.1. The summed E-state index contributed by atoms with van der Waals surface area (Å²) in [5.41, 5.74) is 0.0330. The first-order valence-corrected chi connectivity index (χ1v) is 7.84. The van der Waals surface area contributed by atoms with Crippen LogP contribution in [0, 0.1) is 11.8 Å². The average molecular weight is 297 g/mol. The molecule has 2 heterocycles. The largest absolute Gasteiger partial charge is 0.481 e. The van der Waals surface area contributed by atoms with Gasteiger partial charge in [0.15, 0.2) is 0 Å². The monoisotopic (exact) mass is 297 g/mol. The second-order valence-corrected chi connectivity index (χ2v) is 6.70. The van der Waals surface area contributed by atoms with Gasteiger partial charge in [0.05, 0.1) is 17.4 Å². The van der Waals surface area contributed by atoms with Crippen molar-refractivity contribution in [3.8, 4) is 0 Å². The molecule has 2 N–H and O–H groups in total. The molecule has 0 aromatic carbocycles. The first-order chi connectivity index (χ1) is 10.0. The van der Waals surface area contributed by atoms with E-state index < -0.39 is 23.8 Å². The Morgan fingerprint density at radius 1 is 1.10 bits per heavy atom. The lowest BCUT2D eigenvalue weighted by Gasteiger charge is -2.51. The zero-order valence-corrected chi connectivity index (χ0v) is 12.2. The second-order valence-electron chi connectivity index (χ2n) is 6.70. The van der Waals surface area contributed by atoms with Gasteiger partial charge in [-0.2, -0.15) is 0 Å². The van der Waals surface area contributed by atoms with Gasteiger partial charge in [-0.25, -0.2) is 0 Å². The molecule has 0 aromatic rings. The van der Waals surface area contributed by atoms with Crippen LogP contribution >= 0.6 is 0 Å².